The fourth-order valence-electron chi connectivity index (χ4n) is 6.11. The monoisotopic (exact) mass is 467 g/mol. The van der Waals surface area contributed by atoms with E-state index in [1.54, 1.807) is 0 Å². The Balaban J connectivity index is 1.39. The van der Waals surface area contributed by atoms with Crippen molar-refractivity contribution in [3.8, 4) is 17.0 Å². The number of nitrogens with two attached hydrogens (primary N) is 1. The number of nitrogens with zero attached hydrogens (tertiary/aromatic N) is 4. The fraction of sp³-hybridized carbons (Fsp3) is 0.652. The van der Waals surface area contributed by atoms with Gasteiger partial charge in [0.1, 0.15) is 0 Å². The summed E-state index contributed by atoms with van der Waals surface area (Å²) in [7, 11) is 0. The highest BCUT2D eigenvalue weighted by molar-refractivity contribution is 5.64. The SMILES string of the molecule is CC(C)n1nc(-c2cnc(N)c(OC(F)F)c2)cc1[C@H]1[C@@H]2C[C@H](N3CCC(F)(F)C3)CC21C. The van der Waals surface area contributed by atoms with Crippen LogP contribution in [0.3, 0.4) is 0 Å². The maximum absolute atomic E-state index is 13.7. The topological polar surface area (TPSA) is 69.2 Å². The van der Waals surface area contributed by atoms with Gasteiger partial charge in [-0.25, -0.2) is 13.8 Å². The molecule has 2 N–H and O–H groups in total. The molecule has 2 aromatic heterocycles. The van der Waals surface area contributed by atoms with Crippen molar-refractivity contribution in [2.45, 2.75) is 70.6 Å². The highest BCUT2D eigenvalue weighted by Gasteiger charge is 2.68. The summed E-state index contributed by atoms with van der Waals surface area (Å²) < 4.78 is 59.3. The number of pyridine rings is 1. The molecule has 3 aliphatic rings. The van der Waals surface area contributed by atoms with Gasteiger partial charge in [0.15, 0.2) is 11.6 Å². The second kappa shape index (κ2) is 7.58. The maximum Gasteiger partial charge on any atom is 0.387 e. The van der Waals surface area contributed by atoms with E-state index in [9.17, 15) is 17.6 Å². The van der Waals surface area contributed by atoms with Crippen LogP contribution in [0.5, 0.6) is 5.75 Å². The van der Waals surface area contributed by atoms with Gasteiger partial charge < -0.3 is 10.5 Å². The third-order valence-corrected chi connectivity index (χ3v) is 7.73. The molecule has 3 fully saturated rings. The minimum absolute atomic E-state index is 0.0509. The molecule has 5 rings (SSSR count). The zero-order chi connectivity index (χ0) is 23.7. The van der Waals surface area contributed by atoms with Gasteiger partial charge in [-0.15, -0.1) is 0 Å². The summed E-state index contributed by atoms with van der Waals surface area (Å²) in [6.07, 6.45) is 3.26. The Hall–Kier alpha value is -2.36. The normalized spacial score (nSPS) is 30.9. The van der Waals surface area contributed by atoms with Crippen LogP contribution in [-0.2, 0) is 0 Å². The molecule has 2 saturated carbocycles. The Morgan fingerprint density at radius 1 is 1.24 bits per heavy atom. The lowest BCUT2D eigenvalue weighted by Crippen LogP contribution is -2.35. The summed E-state index contributed by atoms with van der Waals surface area (Å²) in [5.74, 6) is -2.15. The van der Waals surface area contributed by atoms with Crippen molar-refractivity contribution >= 4 is 5.82 Å². The summed E-state index contributed by atoms with van der Waals surface area (Å²) in [5, 5.41) is 4.75. The third-order valence-electron chi connectivity index (χ3n) is 7.73. The minimum atomic E-state index is -3.00. The van der Waals surface area contributed by atoms with Crippen LogP contribution in [0.15, 0.2) is 18.3 Å². The van der Waals surface area contributed by atoms with Gasteiger partial charge in [-0.2, -0.15) is 13.9 Å². The van der Waals surface area contributed by atoms with Crippen molar-refractivity contribution in [1.29, 1.82) is 0 Å². The van der Waals surface area contributed by atoms with E-state index in [1.807, 2.05) is 29.5 Å². The van der Waals surface area contributed by atoms with Gasteiger partial charge in [0.2, 0.25) is 0 Å². The molecule has 10 heteroatoms. The summed E-state index contributed by atoms with van der Waals surface area (Å²) in [4.78, 5) is 5.96. The largest absolute Gasteiger partial charge is 0.431 e. The molecule has 6 nitrogen and oxygen atoms in total. The smallest absolute Gasteiger partial charge is 0.387 e. The average Bonchev–Trinajstić information content (AvgIpc) is 3.15. The Kier molecular flexibility index (Phi) is 5.15. The van der Waals surface area contributed by atoms with Gasteiger partial charge in [0.05, 0.1) is 12.2 Å². The van der Waals surface area contributed by atoms with Gasteiger partial charge in [-0.05, 0) is 50.2 Å². The summed E-state index contributed by atoms with van der Waals surface area (Å²) in [6.45, 7) is 3.67. The second-order valence-electron chi connectivity index (χ2n) is 10.2. The van der Waals surface area contributed by atoms with Crippen LogP contribution in [0, 0.1) is 11.3 Å². The first-order valence-corrected chi connectivity index (χ1v) is 11.4. The molecule has 3 heterocycles. The predicted molar refractivity (Wildman–Crippen MR) is 115 cm³/mol. The Labute approximate surface area is 190 Å². The average molecular weight is 468 g/mol. The summed E-state index contributed by atoms with van der Waals surface area (Å²) in [6, 6.07) is 3.73. The number of nitrogen functional groups attached to an aromatic ring is 1. The first-order valence-electron chi connectivity index (χ1n) is 11.4. The molecule has 0 aromatic carbocycles. The maximum atomic E-state index is 13.7. The quantitative estimate of drug-likeness (QED) is 0.610. The summed E-state index contributed by atoms with van der Waals surface area (Å²) in [5.41, 5.74) is 7.98. The van der Waals surface area contributed by atoms with Crippen LogP contribution in [0.1, 0.15) is 57.7 Å². The molecule has 0 radical (unpaired) electrons. The molecule has 2 aliphatic carbocycles. The molecule has 0 bridgehead atoms. The van der Waals surface area contributed by atoms with E-state index in [1.165, 1.54) is 12.3 Å². The van der Waals surface area contributed by atoms with E-state index in [0.717, 1.165) is 18.5 Å². The van der Waals surface area contributed by atoms with Crippen LogP contribution < -0.4 is 10.5 Å². The van der Waals surface area contributed by atoms with Crippen molar-refractivity contribution in [3.63, 3.8) is 0 Å². The Bertz CT molecular complexity index is 1060. The van der Waals surface area contributed by atoms with E-state index in [0.29, 0.717) is 29.6 Å². The number of alkyl halides is 4. The predicted octanol–water partition coefficient (Wildman–Crippen LogP) is 4.93. The second-order valence-corrected chi connectivity index (χ2v) is 10.2. The highest BCUT2D eigenvalue weighted by Crippen LogP contribution is 2.73. The van der Waals surface area contributed by atoms with E-state index < -0.39 is 12.5 Å². The van der Waals surface area contributed by atoms with Gasteiger partial charge in [-0.1, -0.05) is 6.92 Å². The lowest BCUT2D eigenvalue weighted by atomic mass is 9.96. The third kappa shape index (κ3) is 3.86. The standard InChI is InChI=1S/C23H29F4N5O/c1-12(2)32-17(8-16(30-32)13-6-18(33-21(24)25)20(28)29-10-13)19-15-7-14(9-22(15,19)3)31-5-4-23(26,27)11-31/h6,8,10,12,14-15,19,21H,4-5,7,9,11H2,1-3H3,(H2,28,29)/t14-,15-,19+,22?/m0/s1. The lowest BCUT2D eigenvalue weighted by Gasteiger charge is -2.27. The molecule has 180 valence electrons. The number of anilines is 1. The zero-order valence-corrected chi connectivity index (χ0v) is 18.9. The number of halogens is 4. The lowest BCUT2D eigenvalue weighted by molar-refractivity contribution is -0.0494. The molecular weight excluding hydrogens is 438 g/mol. The molecule has 2 aromatic rings. The zero-order valence-electron chi connectivity index (χ0n) is 18.9. The molecule has 1 unspecified atom stereocenters. The number of aromatic nitrogens is 3. The van der Waals surface area contributed by atoms with Gasteiger partial charge in [0, 0.05) is 48.4 Å². The summed E-state index contributed by atoms with van der Waals surface area (Å²) >= 11 is 0. The van der Waals surface area contributed by atoms with Crippen LogP contribution >= 0.6 is 0 Å². The van der Waals surface area contributed by atoms with Crippen molar-refractivity contribution in [1.82, 2.24) is 19.7 Å². The van der Waals surface area contributed by atoms with Crippen LogP contribution in [0.2, 0.25) is 0 Å². The molecule has 33 heavy (non-hydrogen) atoms. The highest BCUT2D eigenvalue weighted by atomic mass is 19.3. The van der Waals surface area contributed by atoms with Gasteiger partial charge in [0.25, 0.3) is 5.92 Å². The first kappa shape index (κ1) is 22.4. The van der Waals surface area contributed by atoms with E-state index in [4.69, 9.17) is 10.8 Å². The Morgan fingerprint density at radius 2 is 2.00 bits per heavy atom. The molecular formula is C23H29F4N5O. The molecule has 4 atom stereocenters. The van der Waals surface area contributed by atoms with Crippen LogP contribution in [0.4, 0.5) is 23.4 Å². The molecule has 0 spiro atoms. The number of hydrogen-bond acceptors (Lipinski definition) is 5. The van der Waals surface area contributed by atoms with Crippen LogP contribution in [-0.4, -0.2) is 51.3 Å². The number of fused-ring (bicyclic) bond motifs is 1. The number of hydrogen-bond donors (Lipinski definition) is 1. The van der Waals surface area contributed by atoms with Gasteiger partial charge in [-0.3, -0.25) is 9.58 Å². The first-order chi connectivity index (χ1) is 15.5. The van der Waals surface area contributed by atoms with E-state index >= 15 is 0 Å². The molecule has 0 amide bonds. The fourth-order valence-corrected chi connectivity index (χ4v) is 6.11. The minimum Gasteiger partial charge on any atom is -0.431 e. The molecule has 1 aliphatic heterocycles. The van der Waals surface area contributed by atoms with Crippen molar-refractivity contribution < 1.29 is 22.3 Å². The number of rotatable bonds is 6. The van der Waals surface area contributed by atoms with Crippen molar-refractivity contribution in [3.05, 3.63) is 24.0 Å². The van der Waals surface area contributed by atoms with Crippen LogP contribution in [0.25, 0.3) is 11.3 Å². The van der Waals surface area contributed by atoms with Crippen molar-refractivity contribution in [2.75, 3.05) is 18.8 Å². The molecule has 1 saturated heterocycles. The number of ether oxygens (including phenoxy) is 1. The Morgan fingerprint density at radius 3 is 2.58 bits per heavy atom. The van der Waals surface area contributed by atoms with E-state index in [2.05, 4.69) is 16.6 Å². The number of likely N-dealkylation sites (tertiary alicyclic amines) is 1. The van der Waals surface area contributed by atoms with E-state index in [-0.39, 0.29) is 42.0 Å². The van der Waals surface area contributed by atoms with Gasteiger partial charge >= 0.3 is 6.61 Å². The van der Waals surface area contributed by atoms with Crippen molar-refractivity contribution in [2.24, 2.45) is 11.3 Å².